The number of benzene rings is 4. The van der Waals surface area contributed by atoms with Gasteiger partial charge < -0.3 is 29.6 Å². The molecule has 0 saturated heterocycles. The second-order valence-corrected chi connectivity index (χ2v) is 10.4. The maximum absolute atomic E-state index is 14.6. The predicted molar refractivity (Wildman–Crippen MR) is 166 cm³/mol. The maximum atomic E-state index is 14.6. The highest BCUT2D eigenvalue weighted by Crippen LogP contribution is 2.33. The van der Waals surface area contributed by atoms with Gasteiger partial charge in [0.25, 0.3) is 0 Å². The van der Waals surface area contributed by atoms with E-state index in [1.807, 2.05) is 30.3 Å². The molecule has 1 heterocycles. The Morgan fingerprint density at radius 2 is 1.57 bits per heavy atom. The first kappa shape index (κ1) is 30.7. The molecule has 5 aromatic rings. The minimum absolute atomic E-state index is 0.113. The van der Waals surface area contributed by atoms with E-state index in [2.05, 4.69) is 10.3 Å². The molecule has 1 atom stereocenters. The minimum atomic E-state index is -3.15. The Bertz CT molecular complexity index is 1730. The lowest BCUT2D eigenvalue weighted by Gasteiger charge is -2.19. The van der Waals surface area contributed by atoms with Crippen LogP contribution in [0.15, 0.2) is 108 Å². The first-order valence-electron chi connectivity index (χ1n) is 14.3. The van der Waals surface area contributed by atoms with E-state index in [9.17, 15) is 18.7 Å². The zero-order valence-corrected chi connectivity index (χ0v) is 24.3. The Hall–Kier alpha value is -4.73. The average Bonchev–Trinajstić information content (AvgIpc) is 3.05. The summed E-state index contributed by atoms with van der Waals surface area (Å²) in [5, 5.41) is 15.0. The van der Waals surface area contributed by atoms with Crippen molar-refractivity contribution < 1.29 is 28.1 Å². The summed E-state index contributed by atoms with van der Waals surface area (Å²) in [6, 6.07) is 29.1. The number of aliphatic hydroxyl groups excluding tert-OH is 1. The molecule has 0 amide bonds. The molecule has 0 spiro atoms. The Balaban J connectivity index is 1.17. The molecule has 1 unspecified atom stereocenters. The summed E-state index contributed by atoms with van der Waals surface area (Å²) in [7, 11) is 1.46. The van der Waals surface area contributed by atoms with E-state index >= 15 is 0 Å². The monoisotopic (exact) mass is 600 g/mol. The van der Waals surface area contributed by atoms with Crippen molar-refractivity contribution in [2.75, 3.05) is 26.8 Å². The molecule has 5 rings (SSSR count). The maximum Gasteiger partial charge on any atom is 0.306 e. The van der Waals surface area contributed by atoms with Crippen LogP contribution in [0.2, 0.25) is 0 Å². The van der Waals surface area contributed by atoms with Crippen molar-refractivity contribution >= 4 is 10.9 Å². The van der Waals surface area contributed by atoms with Crippen molar-refractivity contribution in [3.05, 3.63) is 136 Å². The fraction of sp³-hybridized carbons (Fsp3) is 0.229. The molecule has 0 saturated carbocycles. The largest absolute Gasteiger partial charge is 0.493 e. The van der Waals surface area contributed by atoms with E-state index < -0.39 is 18.6 Å². The highest BCUT2D eigenvalue weighted by Gasteiger charge is 2.32. The Labute approximate surface area is 254 Å². The second-order valence-electron chi connectivity index (χ2n) is 10.4. The van der Waals surface area contributed by atoms with Gasteiger partial charge in [-0.05, 0) is 53.9 Å². The van der Waals surface area contributed by atoms with Gasteiger partial charge in [-0.25, -0.2) is 0 Å². The summed E-state index contributed by atoms with van der Waals surface area (Å²) >= 11 is 0. The van der Waals surface area contributed by atoms with Gasteiger partial charge in [0.15, 0.2) is 18.1 Å². The molecule has 4 aromatic carbocycles. The van der Waals surface area contributed by atoms with Gasteiger partial charge in [0, 0.05) is 23.6 Å². The average molecular weight is 601 g/mol. The molecular weight excluding hydrogens is 566 g/mol. The zero-order valence-electron chi connectivity index (χ0n) is 24.3. The molecule has 0 radical (unpaired) electrons. The number of nitrogens with one attached hydrogen (secondary N) is 2. The molecule has 0 fully saturated rings. The fourth-order valence-corrected chi connectivity index (χ4v) is 4.90. The molecule has 0 aliphatic heterocycles. The molecule has 1 aromatic heterocycles. The standard InChI is InChI=1S/C35H34F2N2O5/c1-42-32-20-24(12-15-30(32)44-23-35(36,37)26-10-6-3-7-11-26)18-19-38-21-29(40)27-13-16-31(34-28(27)14-17-33(41)39-34)43-22-25-8-4-2-5-9-25/h2-17,20,29,38,40H,18-19,21-23H2,1H3,(H,39,41). The summed E-state index contributed by atoms with van der Waals surface area (Å²) in [4.78, 5) is 15.0. The number of methoxy groups -OCH3 is 1. The van der Waals surface area contributed by atoms with Gasteiger partial charge in [0.1, 0.15) is 12.4 Å². The molecule has 0 aliphatic rings. The number of ether oxygens (including phenoxy) is 3. The molecule has 0 bridgehead atoms. The van der Waals surface area contributed by atoms with E-state index in [1.165, 1.54) is 25.3 Å². The van der Waals surface area contributed by atoms with E-state index in [1.54, 1.807) is 54.6 Å². The molecule has 228 valence electrons. The molecule has 3 N–H and O–H groups in total. The first-order chi connectivity index (χ1) is 21.3. The number of H-pyrrole nitrogens is 1. The highest BCUT2D eigenvalue weighted by molar-refractivity contribution is 5.87. The molecular formula is C35H34F2N2O5. The number of aromatic amines is 1. The lowest BCUT2D eigenvalue weighted by atomic mass is 10.0. The fourth-order valence-electron chi connectivity index (χ4n) is 4.90. The van der Waals surface area contributed by atoms with Crippen LogP contribution < -0.4 is 25.1 Å². The minimum Gasteiger partial charge on any atom is -0.493 e. The molecule has 44 heavy (non-hydrogen) atoms. The van der Waals surface area contributed by atoms with Crippen LogP contribution in [0, 0.1) is 0 Å². The van der Waals surface area contributed by atoms with E-state index in [0.717, 1.165) is 11.1 Å². The quantitative estimate of drug-likeness (QED) is 0.132. The van der Waals surface area contributed by atoms with Gasteiger partial charge in [-0.3, -0.25) is 4.79 Å². The second kappa shape index (κ2) is 14.2. The number of hydrogen-bond acceptors (Lipinski definition) is 6. The number of aromatic nitrogens is 1. The summed E-state index contributed by atoms with van der Waals surface area (Å²) in [6.07, 6.45) is -0.243. The van der Waals surface area contributed by atoms with Crippen LogP contribution in [0.3, 0.4) is 0 Å². The lowest BCUT2D eigenvalue weighted by molar-refractivity contribution is -0.0472. The van der Waals surface area contributed by atoms with Crippen LogP contribution in [0.4, 0.5) is 8.78 Å². The Morgan fingerprint density at radius 3 is 2.32 bits per heavy atom. The van der Waals surface area contributed by atoms with Crippen LogP contribution in [0.5, 0.6) is 17.2 Å². The van der Waals surface area contributed by atoms with Crippen molar-refractivity contribution in [3.63, 3.8) is 0 Å². The summed E-state index contributed by atoms with van der Waals surface area (Å²) in [6.45, 7) is 0.341. The van der Waals surface area contributed by atoms with E-state index in [0.29, 0.717) is 47.5 Å². The third-order valence-electron chi connectivity index (χ3n) is 7.25. The molecule has 7 nitrogen and oxygen atoms in total. The van der Waals surface area contributed by atoms with Crippen LogP contribution in [-0.2, 0) is 19.0 Å². The van der Waals surface area contributed by atoms with Crippen molar-refractivity contribution in [3.8, 4) is 17.2 Å². The third-order valence-corrected chi connectivity index (χ3v) is 7.25. The van der Waals surface area contributed by atoms with Gasteiger partial charge in [-0.2, -0.15) is 8.78 Å². The Kier molecular flexibility index (Phi) is 9.89. The van der Waals surface area contributed by atoms with Gasteiger partial charge in [-0.1, -0.05) is 72.8 Å². The predicted octanol–water partition coefficient (Wildman–Crippen LogP) is 6.15. The van der Waals surface area contributed by atoms with Crippen molar-refractivity contribution in [2.24, 2.45) is 0 Å². The number of alkyl halides is 2. The van der Waals surface area contributed by atoms with Crippen LogP contribution in [0.1, 0.15) is 28.4 Å². The number of hydrogen-bond donors (Lipinski definition) is 3. The van der Waals surface area contributed by atoms with Gasteiger partial charge in [-0.15, -0.1) is 0 Å². The SMILES string of the molecule is COc1cc(CCNCC(O)c2ccc(OCc3ccccc3)c3[nH]c(=O)ccc23)ccc1OCC(F)(F)c1ccccc1. The summed E-state index contributed by atoms with van der Waals surface area (Å²) in [5.41, 5.74) is 2.72. The molecule has 0 aliphatic carbocycles. The van der Waals surface area contributed by atoms with Crippen molar-refractivity contribution in [1.29, 1.82) is 0 Å². The summed E-state index contributed by atoms with van der Waals surface area (Å²) < 4.78 is 45.9. The number of aliphatic hydroxyl groups is 1. The molecule has 9 heteroatoms. The summed E-state index contributed by atoms with van der Waals surface area (Å²) in [5.74, 6) is -2.03. The lowest BCUT2D eigenvalue weighted by Crippen LogP contribution is -2.24. The van der Waals surface area contributed by atoms with Gasteiger partial charge in [0.05, 0.1) is 18.7 Å². The smallest absolute Gasteiger partial charge is 0.306 e. The number of fused-ring (bicyclic) bond motifs is 1. The number of pyridine rings is 1. The first-order valence-corrected chi connectivity index (χ1v) is 14.3. The topological polar surface area (TPSA) is 92.8 Å². The number of halogens is 2. The van der Waals surface area contributed by atoms with Crippen LogP contribution in [0.25, 0.3) is 10.9 Å². The van der Waals surface area contributed by atoms with E-state index in [4.69, 9.17) is 14.2 Å². The van der Waals surface area contributed by atoms with E-state index in [-0.39, 0.29) is 23.4 Å². The van der Waals surface area contributed by atoms with Crippen molar-refractivity contribution in [1.82, 2.24) is 10.3 Å². The van der Waals surface area contributed by atoms with Crippen LogP contribution in [-0.4, -0.2) is 36.9 Å². The van der Waals surface area contributed by atoms with Crippen molar-refractivity contribution in [2.45, 2.75) is 25.1 Å². The number of rotatable bonds is 14. The van der Waals surface area contributed by atoms with Gasteiger partial charge in [0.2, 0.25) is 5.56 Å². The Morgan fingerprint density at radius 1 is 0.841 bits per heavy atom. The third kappa shape index (κ3) is 7.61. The zero-order chi connectivity index (χ0) is 30.9. The normalized spacial score (nSPS) is 12.2. The highest BCUT2D eigenvalue weighted by atomic mass is 19.3. The van der Waals surface area contributed by atoms with Gasteiger partial charge >= 0.3 is 5.92 Å². The van der Waals surface area contributed by atoms with Crippen LogP contribution >= 0.6 is 0 Å².